The van der Waals surface area contributed by atoms with Crippen LogP contribution in [0.2, 0.25) is 0 Å². The van der Waals surface area contributed by atoms with Crippen LogP contribution in [0.25, 0.3) is 22.2 Å². The Hall–Kier alpha value is -3.37. The van der Waals surface area contributed by atoms with Crippen LogP contribution in [0, 0.1) is 11.3 Å². The van der Waals surface area contributed by atoms with Crippen LogP contribution in [-0.4, -0.2) is 54.3 Å². The van der Waals surface area contributed by atoms with Gasteiger partial charge in [0.25, 0.3) is 0 Å². The summed E-state index contributed by atoms with van der Waals surface area (Å²) in [4.78, 5) is 11.1. The van der Waals surface area contributed by atoms with Gasteiger partial charge in [-0.1, -0.05) is 6.07 Å². The topological polar surface area (TPSA) is 127 Å². The zero-order valence-corrected chi connectivity index (χ0v) is 20.9. The molecule has 2 aromatic heterocycles. The van der Waals surface area contributed by atoms with E-state index in [0.717, 1.165) is 19.0 Å². The molecular weight excluding hydrogens is 507 g/mol. The molecule has 2 fully saturated rings. The molecule has 0 aliphatic carbocycles. The van der Waals surface area contributed by atoms with Crippen LogP contribution in [-0.2, 0) is 16.2 Å². The number of nitrogens with zero attached hydrogens (tertiary/aromatic N) is 4. The summed E-state index contributed by atoms with van der Waals surface area (Å²) in [6.07, 6.45) is 0.280. The van der Waals surface area contributed by atoms with E-state index in [-0.39, 0.29) is 52.3 Å². The minimum atomic E-state index is -4.72. The monoisotopic (exact) mass is 533 g/mol. The fraction of sp³-hybridized carbons (Fsp3) is 0.458. The van der Waals surface area contributed by atoms with E-state index in [1.165, 1.54) is 22.6 Å². The third-order valence-electron chi connectivity index (χ3n) is 6.89. The summed E-state index contributed by atoms with van der Waals surface area (Å²) in [7, 11) is -3.67. The van der Waals surface area contributed by atoms with Gasteiger partial charge < -0.3 is 15.6 Å². The van der Waals surface area contributed by atoms with Gasteiger partial charge in [0.05, 0.1) is 28.2 Å². The number of hydrogen-bond donors (Lipinski definition) is 3. The number of hydrogen-bond acceptors (Lipinski definition) is 7. The normalized spacial score (nSPS) is 22.1. The Kier molecular flexibility index (Phi) is 6.49. The summed E-state index contributed by atoms with van der Waals surface area (Å²) < 4.78 is 68.9. The quantitative estimate of drug-likeness (QED) is 0.463. The standard InChI is InChI=1S/C24H26F3N7O2S/c1-14-4-6-16(11-29-14)32-23-31-13-19(24(25,26)27)20(33-23)18-12-30-21-17(18)7-5-15(10-28)22(21)34-8-2-3-9-37(34,35)36/h5,7,12-14,16,29-30H,2-4,6,8-9,11H2,1H3,(H,31,32,33)/t14-,16-/m0/s1. The number of alkyl halides is 3. The van der Waals surface area contributed by atoms with Gasteiger partial charge in [-0.05, 0) is 38.7 Å². The highest BCUT2D eigenvalue weighted by atomic mass is 32.2. The van der Waals surface area contributed by atoms with Gasteiger partial charge in [-0.2, -0.15) is 18.4 Å². The Morgan fingerprint density at radius 3 is 2.73 bits per heavy atom. The summed E-state index contributed by atoms with van der Waals surface area (Å²) in [5.74, 6) is 0.0154. The number of anilines is 2. The first-order valence-corrected chi connectivity index (χ1v) is 13.7. The van der Waals surface area contributed by atoms with Gasteiger partial charge in [-0.3, -0.25) is 4.31 Å². The molecule has 0 radical (unpaired) electrons. The minimum absolute atomic E-state index is 0.0298. The number of nitrogens with one attached hydrogen (secondary N) is 3. The van der Waals surface area contributed by atoms with E-state index in [0.29, 0.717) is 30.8 Å². The van der Waals surface area contributed by atoms with Crippen molar-refractivity contribution in [1.82, 2.24) is 20.3 Å². The molecule has 0 amide bonds. The lowest BCUT2D eigenvalue weighted by Gasteiger charge is -2.29. The number of sulfonamides is 1. The van der Waals surface area contributed by atoms with Gasteiger partial charge in [0.15, 0.2) is 0 Å². The lowest BCUT2D eigenvalue weighted by molar-refractivity contribution is -0.137. The Morgan fingerprint density at radius 1 is 1.24 bits per heavy atom. The Labute approximate surface area is 212 Å². The molecule has 13 heteroatoms. The first-order chi connectivity index (χ1) is 17.6. The molecule has 1 aromatic carbocycles. The first-order valence-electron chi connectivity index (χ1n) is 12.1. The average Bonchev–Trinajstić information content (AvgIpc) is 3.28. The third kappa shape index (κ3) is 4.83. The average molecular weight is 534 g/mol. The first kappa shape index (κ1) is 25.3. The second-order valence-corrected chi connectivity index (χ2v) is 11.5. The van der Waals surface area contributed by atoms with Crippen LogP contribution < -0.4 is 14.9 Å². The smallest absolute Gasteiger partial charge is 0.359 e. The van der Waals surface area contributed by atoms with Gasteiger partial charge in [-0.15, -0.1) is 0 Å². The number of rotatable bonds is 4. The maximum absolute atomic E-state index is 14.0. The van der Waals surface area contributed by atoms with Gasteiger partial charge in [-0.25, -0.2) is 18.4 Å². The molecule has 0 unspecified atom stereocenters. The van der Waals surface area contributed by atoms with Crippen LogP contribution in [0.15, 0.2) is 24.5 Å². The molecule has 2 atom stereocenters. The molecule has 2 aliphatic rings. The number of aromatic nitrogens is 3. The van der Waals surface area contributed by atoms with Crippen LogP contribution in [0.4, 0.5) is 24.8 Å². The highest BCUT2D eigenvalue weighted by molar-refractivity contribution is 7.92. The number of benzene rings is 1. The van der Waals surface area contributed by atoms with E-state index in [9.17, 15) is 26.9 Å². The second kappa shape index (κ2) is 9.50. The van der Waals surface area contributed by atoms with E-state index < -0.39 is 21.8 Å². The number of H-pyrrole nitrogens is 1. The number of aromatic amines is 1. The van der Waals surface area contributed by atoms with E-state index in [4.69, 9.17) is 0 Å². The van der Waals surface area contributed by atoms with Gasteiger partial charge in [0.1, 0.15) is 11.6 Å². The summed E-state index contributed by atoms with van der Waals surface area (Å²) in [6, 6.07) is 5.30. The van der Waals surface area contributed by atoms with Crippen molar-refractivity contribution in [2.75, 3.05) is 28.5 Å². The largest absolute Gasteiger partial charge is 0.419 e. The van der Waals surface area contributed by atoms with Crippen molar-refractivity contribution in [3.05, 3.63) is 35.7 Å². The molecule has 196 valence electrons. The third-order valence-corrected chi connectivity index (χ3v) is 8.73. The SMILES string of the molecule is C[C@H]1CC[C@H](Nc2ncc(C(F)(F)F)c(-c3c[nH]c4c(N5CCCCS5(=O)=O)c(C#N)ccc34)n2)CN1. The minimum Gasteiger partial charge on any atom is -0.359 e. The van der Waals surface area contributed by atoms with Crippen molar-refractivity contribution in [2.24, 2.45) is 0 Å². The van der Waals surface area contributed by atoms with Gasteiger partial charge in [0.2, 0.25) is 16.0 Å². The van der Waals surface area contributed by atoms with Crippen LogP contribution in [0.1, 0.15) is 43.7 Å². The van der Waals surface area contributed by atoms with E-state index in [1.807, 2.05) is 6.07 Å². The number of fused-ring (bicyclic) bond motifs is 1. The molecule has 4 heterocycles. The molecule has 0 saturated carbocycles. The van der Waals surface area contributed by atoms with Crippen molar-refractivity contribution in [2.45, 2.75) is 50.9 Å². The summed E-state index contributed by atoms with van der Waals surface area (Å²) in [5, 5.41) is 16.5. The Balaban J connectivity index is 1.63. The number of halogens is 3. The van der Waals surface area contributed by atoms with Crippen LogP contribution in [0.5, 0.6) is 0 Å². The number of nitriles is 1. The van der Waals surface area contributed by atoms with E-state index >= 15 is 0 Å². The molecule has 9 nitrogen and oxygen atoms in total. The zero-order valence-electron chi connectivity index (χ0n) is 20.1. The number of piperidine rings is 1. The predicted molar refractivity (Wildman–Crippen MR) is 134 cm³/mol. The summed E-state index contributed by atoms with van der Waals surface area (Å²) in [5.41, 5.74) is -0.660. The van der Waals surface area contributed by atoms with Crippen molar-refractivity contribution < 1.29 is 21.6 Å². The summed E-state index contributed by atoms with van der Waals surface area (Å²) in [6.45, 7) is 2.90. The molecule has 2 saturated heterocycles. The fourth-order valence-corrected chi connectivity index (χ4v) is 6.60. The Bertz CT molecular complexity index is 1470. The molecular formula is C24H26F3N7O2S. The molecule has 37 heavy (non-hydrogen) atoms. The predicted octanol–water partition coefficient (Wildman–Crippen LogP) is 4.00. The molecule has 0 spiro atoms. The maximum Gasteiger partial charge on any atom is 0.419 e. The molecule has 0 bridgehead atoms. The highest BCUT2D eigenvalue weighted by Gasteiger charge is 2.37. The van der Waals surface area contributed by atoms with E-state index in [1.54, 1.807) is 0 Å². The summed E-state index contributed by atoms with van der Waals surface area (Å²) >= 11 is 0. The highest BCUT2D eigenvalue weighted by Crippen LogP contribution is 2.42. The van der Waals surface area contributed by atoms with Crippen molar-refractivity contribution in [1.29, 1.82) is 5.26 Å². The molecule has 2 aliphatic heterocycles. The van der Waals surface area contributed by atoms with Crippen molar-refractivity contribution >= 4 is 32.6 Å². The van der Waals surface area contributed by atoms with Crippen molar-refractivity contribution in [3.63, 3.8) is 0 Å². The van der Waals surface area contributed by atoms with E-state index in [2.05, 4.69) is 32.5 Å². The fourth-order valence-electron chi connectivity index (χ4n) is 4.94. The van der Waals surface area contributed by atoms with Gasteiger partial charge in [0, 0.05) is 48.5 Å². The second-order valence-electron chi connectivity index (χ2n) is 9.48. The maximum atomic E-state index is 14.0. The zero-order chi connectivity index (χ0) is 26.4. The molecule has 5 rings (SSSR count). The van der Waals surface area contributed by atoms with Crippen molar-refractivity contribution in [3.8, 4) is 17.3 Å². The Morgan fingerprint density at radius 2 is 2.05 bits per heavy atom. The lowest BCUT2D eigenvalue weighted by atomic mass is 10.0. The molecule has 3 aromatic rings. The molecule has 3 N–H and O–H groups in total. The van der Waals surface area contributed by atoms with Crippen LogP contribution >= 0.6 is 0 Å². The van der Waals surface area contributed by atoms with Crippen LogP contribution in [0.3, 0.4) is 0 Å². The van der Waals surface area contributed by atoms with Gasteiger partial charge >= 0.3 is 6.18 Å². The lowest BCUT2D eigenvalue weighted by Crippen LogP contribution is -2.43.